The summed E-state index contributed by atoms with van der Waals surface area (Å²) in [7, 11) is -2.88. The molecular formula is C10H17NO4S. The first kappa shape index (κ1) is 11.9. The summed E-state index contributed by atoms with van der Waals surface area (Å²) in [6.45, 7) is 2.91. The first-order valence-electron chi connectivity index (χ1n) is 5.50. The molecule has 0 aromatic heterocycles. The monoisotopic (exact) mass is 247 g/mol. The fourth-order valence-corrected chi connectivity index (χ4v) is 4.31. The van der Waals surface area contributed by atoms with Crippen LogP contribution in [0.2, 0.25) is 0 Å². The van der Waals surface area contributed by atoms with Crippen LogP contribution in [0.1, 0.15) is 19.8 Å². The standard InChI is InChI=1S/C10H17NO4S/c1-10(9(12)13)3-4-11(7-10)8-2-5-16(14,15)6-8/h8H,2-7H2,1H3,(H,12,13). The molecule has 2 saturated heterocycles. The number of hydrogen-bond donors (Lipinski definition) is 1. The number of rotatable bonds is 2. The molecule has 0 amide bonds. The van der Waals surface area contributed by atoms with Crippen LogP contribution in [0.5, 0.6) is 0 Å². The van der Waals surface area contributed by atoms with Crippen LogP contribution in [-0.2, 0) is 14.6 Å². The largest absolute Gasteiger partial charge is 0.481 e. The number of carboxylic acid groups (broad SMARTS) is 1. The van der Waals surface area contributed by atoms with E-state index < -0.39 is 21.2 Å². The van der Waals surface area contributed by atoms with Crippen molar-refractivity contribution in [3.63, 3.8) is 0 Å². The van der Waals surface area contributed by atoms with Gasteiger partial charge in [0.05, 0.1) is 16.9 Å². The SMILES string of the molecule is CC1(C(=O)O)CCN(C2CCS(=O)(=O)C2)C1. The van der Waals surface area contributed by atoms with Gasteiger partial charge in [0.1, 0.15) is 0 Å². The smallest absolute Gasteiger partial charge is 0.310 e. The average Bonchev–Trinajstić information content (AvgIpc) is 2.70. The van der Waals surface area contributed by atoms with Gasteiger partial charge >= 0.3 is 5.97 Å². The molecule has 2 aliphatic rings. The van der Waals surface area contributed by atoms with Crippen molar-refractivity contribution in [1.82, 2.24) is 4.90 Å². The lowest BCUT2D eigenvalue weighted by Gasteiger charge is -2.24. The van der Waals surface area contributed by atoms with Crippen LogP contribution in [0.15, 0.2) is 0 Å². The molecule has 2 rings (SSSR count). The van der Waals surface area contributed by atoms with Crippen LogP contribution in [-0.4, -0.2) is 55.0 Å². The Labute approximate surface area is 95.4 Å². The highest BCUT2D eigenvalue weighted by molar-refractivity contribution is 7.91. The van der Waals surface area contributed by atoms with Crippen molar-refractivity contribution >= 4 is 15.8 Å². The fourth-order valence-electron chi connectivity index (χ4n) is 2.55. The van der Waals surface area contributed by atoms with Gasteiger partial charge in [-0.1, -0.05) is 0 Å². The third-order valence-electron chi connectivity index (χ3n) is 3.74. The van der Waals surface area contributed by atoms with Crippen molar-refractivity contribution in [3.8, 4) is 0 Å². The van der Waals surface area contributed by atoms with Crippen LogP contribution in [0.4, 0.5) is 0 Å². The predicted molar refractivity (Wildman–Crippen MR) is 59.0 cm³/mol. The second-order valence-electron chi connectivity index (χ2n) is 5.14. The molecule has 1 N–H and O–H groups in total. The highest BCUT2D eigenvalue weighted by atomic mass is 32.2. The zero-order chi connectivity index (χ0) is 12.0. The lowest BCUT2D eigenvalue weighted by Crippen LogP contribution is -2.38. The molecule has 0 bridgehead atoms. The van der Waals surface area contributed by atoms with E-state index in [-0.39, 0.29) is 17.5 Å². The molecule has 0 spiro atoms. The molecule has 2 unspecified atom stereocenters. The molecule has 2 fully saturated rings. The summed E-state index contributed by atoms with van der Waals surface area (Å²) in [6, 6.07) is 0.0335. The second-order valence-corrected chi connectivity index (χ2v) is 7.37. The molecule has 0 aliphatic carbocycles. The predicted octanol–water partition coefficient (Wildman–Crippen LogP) is -0.0299. The van der Waals surface area contributed by atoms with Crippen LogP contribution >= 0.6 is 0 Å². The molecule has 5 nitrogen and oxygen atoms in total. The average molecular weight is 247 g/mol. The zero-order valence-electron chi connectivity index (χ0n) is 9.35. The number of nitrogens with zero attached hydrogens (tertiary/aromatic N) is 1. The van der Waals surface area contributed by atoms with Gasteiger partial charge in [-0.3, -0.25) is 9.69 Å². The third-order valence-corrected chi connectivity index (χ3v) is 5.49. The Morgan fingerprint density at radius 2 is 2.19 bits per heavy atom. The van der Waals surface area contributed by atoms with Crippen molar-refractivity contribution in [2.24, 2.45) is 5.41 Å². The van der Waals surface area contributed by atoms with Crippen molar-refractivity contribution in [3.05, 3.63) is 0 Å². The van der Waals surface area contributed by atoms with Gasteiger partial charge in [0.15, 0.2) is 9.84 Å². The van der Waals surface area contributed by atoms with Crippen molar-refractivity contribution in [1.29, 1.82) is 0 Å². The van der Waals surface area contributed by atoms with Crippen LogP contribution in [0.25, 0.3) is 0 Å². The van der Waals surface area contributed by atoms with Gasteiger partial charge in [-0.25, -0.2) is 8.42 Å². The highest BCUT2D eigenvalue weighted by Gasteiger charge is 2.44. The topological polar surface area (TPSA) is 74.7 Å². The van der Waals surface area contributed by atoms with Gasteiger partial charge < -0.3 is 5.11 Å². The minimum atomic E-state index is -2.88. The Bertz CT molecular complexity index is 405. The minimum absolute atomic E-state index is 0.0335. The van der Waals surface area contributed by atoms with Crippen LogP contribution in [0, 0.1) is 5.41 Å². The number of hydrogen-bond acceptors (Lipinski definition) is 4. The van der Waals surface area contributed by atoms with Gasteiger partial charge in [0.2, 0.25) is 0 Å². The molecular weight excluding hydrogens is 230 g/mol. The molecule has 2 heterocycles. The highest BCUT2D eigenvalue weighted by Crippen LogP contribution is 2.33. The Morgan fingerprint density at radius 3 is 2.62 bits per heavy atom. The number of sulfone groups is 1. The van der Waals surface area contributed by atoms with Crippen molar-refractivity contribution in [2.75, 3.05) is 24.6 Å². The van der Waals surface area contributed by atoms with E-state index in [9.17, 15) is 13.2 Å². The Balaban J connectivity index is 2.03. The minimum Gasteiger partial charge on any atom is -0.481 e. The van der Waals surface area contributed by atoms with E-state index >= 15 is 0 Å². The van der Waals surface area contributed by atoms with Crippen molar-refractivity contribution < 1.29 is 18.3 Å². The zero-order valence-corrected chi connectivity index (χ0v) is 10.2. The van der Waals surface area contributed by atoms with E-state index in [2.05, 4.69) is 0 Å². The molecule has 16 heavy (non-hydrogen) atoms. The van der Waals surface area contributed by atoms with Gasteiger partial charge in [-0.2, -0.15) is 0 Å². The maximum Gasteiger partial charge on any atom is 0.310 e. The summed E-state index contributed by atoms with van der Waals surface area (Å²) in [5.41, 5.74) is -0.702. The second kappa shape index (κ2) is 3.70. The Kier molecular flexibility index (Phi) is 2.74. The lowest BCUT2D eigenvalue weighted by atomic mass is 9.90. The van der Waals surface area contributed by atoms with Gasteiger partial charge in [-0.15, -0.1) is 0 Å². The molecule has 0 saturated carbocycles. The summed E-state index contributed by atoms with van der Waals surface area (Å²) in [5, 5.41) is 9.09. The van der Waals surface area contributed by atoms with Gasteiger partial charge in [0, 0.05) is 12.6 Å². The maximum absolute atomic E-state index is 11.3. The van der Waals surface area contributed by atoms with Crippen LogP contribution < -0.4 is 0 Å². The normalized spacial score (nSPS) is 38.9. The summed E-state index contributed by atoms with van der Waals surface area (Å²) in [4.78, 5) is 13.1. The molecule has 0 aromatic carbocycles. The lowest BCUT2D eigenvalue weighted by molar-refractivity contribution is -0.147. The first-order valence-corrected chi connectivity index (χ1v) is 7.32. The van der Waals surface area contributed by atoms with E-state index in [1.807, 2.05) is 4.90 Å². The maximum atomic E-state index is 11.3. The number of carboxylic acids is 1. The van der Waals surface area contributed by atoms with Gasteiger partial charge in [0.25, 0.3) is 0 Å². The molecule has 2 aliphatic heterocycles. The molecule has 92 valence electrons. The van der Waals surface area contributed by atoms with E-state index in [4.69, 9.17) is 5.11 Å². The van der Waals surface area contributed by atoms with Crippen molar-refractivity contribution in [2.45, 2.75) is 25.8 Å². The number of aliphatic carboxylic acids is 1. The molecule has 2 atom stereocenters. The number of carbonyl (C=O) groups is 1. The Morgan fingerprint density at radius 1 is 1.50 bits per heavy atom. The summed E-state index contributed by atoms with van der Waals surface area (Å²) in [6.07, 6.45) is 1.26. The third kappa shape index (κ3) is 2.08. The summed E-state index contributed by atoms with van der Waals surface area (Å²) in [5.74, 6) is -0.337. The first-order chi connectivity index (χ1) is 7.32. The quantitative estimate of drug-likeness (QED) is 0.741. The van der Waals surface area contributed by atoms with Gasteiger partial charge in [-0.05, 0) is 26.3 Å². The van der Waals surface area contributed by atoms with E-state index in [0.29, 0.717) is 25.9 Å². The number of likely N-dealkylation sites (tertiary alicyclic amines) is 1. The van der Waals surface area contributed by atoms with E-state index in [1.54, 1.807) is 6.92 Å². The fraction of sp³-hybridized carbons (Fsp3) is 0.900. The van der Waals surface area contributed by atoms with E-state index in [0.717, 1.165) is 0 Å². The van der Waals surface area contributed by atoms with E-state index in [1.165, 1.54) is 0 Å². The summed E-state index contributed by atoms with van der Waals surface area (Å²) < 4.78 is 22.7. The summed E-state index contributed by atoms with van der Waals surface area (Å²) >= 11 is 0. The Hall–Kier alpha value is -0.620. The molecule has 6 heteroatoms. The van der Waals surface area contributed by atoms with Crippen LogP contribution in [0.3, 0.4) is 0 Å². The molecule has 0 radical (unpaired) electrons. The molecule has 0 aromatic rings.